The zero-order chi connectivity index (χ0) is 11.0. The van der Waals surface area contributed by atoms with Gasteiger partial charge in [0.1, 0.15) is 5.15 Å². The third-order valence-corrected chi connectivity index (χ3v) is 4.10. The van der Waals surface area contributed by atoms with Crippen LogP contribution in [0.1, 0.15) is 0 Å². The van der Waals surface area contributed by atoms with Gasteiger partial charge < -0.3 is 4.57 Å². The minimum Gasteiger partial charge on any atom is -0.302 e. The van der Waals surface area contributed by atoms with Crippen LogP contribution in [0.15, 0.2) is 32.8 Å². The Balaban J connectivity index is 2.60. The first-order valence-electron chi connectivity index (χ1n) is 4.20. The summed E-state index contributed by atoms with van der Waals surface area (Å²) < 4.78 is 2.45. The first-order valence-corrected chi connectivity index (χ1v) is 6.19. The molecule has 2 nitrogen and oxygen atoms in total. The Morgan fingerprint density at radius 2 is 2.13 bits per heavy atom. The van der Waals surface area contributed by atoms with E-state index in [2.05, 4.69) is 15.9 Å². The van der Waals surface area contributed by atoms with Crippen LogP contribution in [0.25, 0.3) is 10.4 Å². The van der Waals surface area contributed by atoms with Gasteiger partial charge in [-0.1, -0.05) is 11.6 Å². The summed E-state index contributed by atoms with van der Waals surface area (Å²) in [6.45, 7) is 0. The smallest absolute Gasteiger partial charge is 0.252 e. The van der Waals surface area contributed by atoms with Crippen molar-refractivity contribution in [3.8, 4) is 10.4 Å². The van der Waals surface area contributed by atoms with Crippen LogP contribution in [0.2, 0.25) is 5.15 Å². The lowest BCUT2D eigenvalue weighted by molar-refractivity contribution is 0.862. The van der Waals surface area contributed by atoms with E-state index in [0.29, 0.717) is 5.15 Å². The average molecular weight is 305 g/mol. The van der Waals surface area contributed by atoms with Gasteiger partial charge in [0.25, 0.3) is 5.56 Å². The third kappa shape index (κ3) is 2.17. The molecule has 0 aliphatic carbocycles. The number of pyridine rings is 1. The Morgan fingerprint density at radius 3 is 2.67 bits per heavy atom. The van der Waals surface area contributed by atoms with Gasteiger partial charge in [0.15, 0.2) is 0 Å². The number of halogens is 2. The lowest BCUT2D eigenvalue weighted by Crippen LogP contribution is -2.15. The summed E-state index contributed by atoms with van der Waals surface area (Å²) in [7, 11) is 1.65. The molecule has 0 saturated carbocycles. The molecule has 0 fully saturated rings. The highest BCUT2D eigenvalue weighted by Crippen LogP contribution is 2.31. The summed E-state index contributed by atoms with van der Waals surface area (Å²) in [5.74, 6) is 0. The molecule has 0 aliphatic rings. The molecule has 0 aliphatic heterocycles. The molecule has 0 N–H and O–H groups in total. The lowest BCUT2D eigenvalue weighted by atomic mass is 10.2. The molecular formula is C10H7BrClNOS. The van der Waals surface area contributed by atoms with Gasteiger partial charge in [0.05, 0.1) is 3.79 Å². The fraction of sp³-hybridized carbons (Fsp3) is 0.100. The van der Waals surface area contributed by atoms with Crippen LogP contribution in [0, 0.1) is 0 Å². The van der Waals surface area contributed by atoms with Gasteiger partial charge in [-0.2, -0.15) is 0 Å². The van der Waals surface area contributed by atoms with E-state index in [9.17, 15) is 4.79 Å². The maximum absolute atomic E-state index is 11.5. The first kappa shape index (κ1) is 10.9. The van der Waals surface area contributed by atoms with E-state index in [1.54, 1.807) is 30.5 Å². The first-order chi connectivity index (χ1) is 7.08. The minimum absolute atomic E-state index is 0.0953. The number of thiophene rings is 1. The number of rotatable bonds is 1. The van der Waals surface area contributed by atoms with Crippen molar-refractivity contribution >= 4 is 38.9 Å². The van der Waals surface area contributed by atoms with Gasteiger partial charge in [-0.15, -0.1) is 11.3 Å². The standard InChI is InChI=1S/C10H7BrClNOS/c1-13-9(12)4-6(5-10(13)14)7-2-3-8(11)15-7/h2-5H,1H3. The fourth-order valence-corrected chi connectivity index (χ4v) is 2.79. The van der Waals surface area contributed by atoms with Crippen molar-refractivity contribution in [2.24, 2.45) is 7.05 Å². The summed E-state index contributed by atoms with van der Waals surface area (Å²) in [5.41, 5.74) is 0.765. The topological polar surface area (TPSA) is 22.0 Å². The zero-order valence-electron chi connectivity index (χ0n) is 7.83. The van der Waals surface area contributed by atoms with Crippen LogP contribution in [0.4, 0.5) is 0 Å². The van der Waals surface area contributed by atoms with E-state index in [1.165, 1.54) is 4.57 Å². The van der Waals surface area contributed by atoms with Crippen molar-refractivity contribution in [1.82, 2.24) is 4.57 Å². The molecule has 0 radical (unpaired) electrons. The lowest BCUT2D eigenvalue weighted by Gasteiger charge is -2.02. The molecule has 0 spiro atoms. The van der Waals surface area contributed by atoms with E-state index >= 15 is 0 Å². The molecule has 15 heavy (non-hydrogen) atoms. The van der Waals surface area contributed by atoms with Crippen LogP contribution in [0.5, 0.6) is 0 Å². The van der Waals surface area contributed by atoms with Crippen molar-refractivity contribution in [3.05, 3.63) is 43.6 Å². The summed E-state index contributed by atoms with van der Waals surface area (Å²) in [4.78, 5) is 12.5. The SMILES string of the molecule is Cn1c(Cl)cc(-c2ccc(Br)s2)cc1=O. The second kappa shape index (κ2) is 4.12. The van der Waals surface area contributed by atoms with Crippen LogP contribution in [-0.2, 0) is 7.05 Å². The highest BCUT2D eigenvalue weighted by Gasteiger charge is 2.05. The van der Waals surface area contributed by atoms with Crippen LogP contribution < -0.4 is 5.56 Å². The maximum Gasteiger partial charge on any atom is 0.252 e. The molecule has 0 saturated heterocycles. The second-order valence-electron chi connectivity index (χ2n) is 3.07. The van der Waals surface area contributed by atoms with Crippen molar-refractivity contribution in [3.63, 3.8) is 0 Å². The van der Waals surface area contributed by atoms with E-state index in [0.717, 1.165) is 14.2 Å². The molecule has 0 aromatic carbocycles. The molecular weight excluding hydrogens is 298 g/mol. The Hall–Kier alpha value is -0.580. The van der Waals surface area contributed by atoms with E-state index < -0.39 is 0 Å². The number of hydrogen-bond donors (Lipinski definition) is 0. The van der Waals surface area contributed by atoms with E-state index in [4.69, 9.17) is 11.6 Å². The number of nitrogens with zero attached hydrogens (tertiary/aromatic N) is 1. The van der Waals surface area contributed by atoms with Crippen molar-refractivity contribution in [2.75, 3.05) is 0 Å². The Labute approximate surface area is 104 Å². The van der Waals surface area contributed by atoms with Gasteiger partial charge in [-0.3, -0.25) is 4.79 Å². The minimum atomic E-state index is -0.0953. The number of hydrogen-bond acceptors (Lipinski definition) is 2. The van der Waals surface area contributed by atoms with Gasteiger partial charge in [-0.25, -0.2) is 0 Å². The van der Waals surface area contributed by atoms with Crippen LogP contribution in [-0.4, -0.2) is 4.57 Å². The van der Waals surface area contributed by atoms with Crippen molar-refractivity contribution < 1.29 is 0 Å². The normalized spacial score (nSPS) is 10.6. The molecule has 2 rings (SSSR count). The molecule has 78 valence electrons. The van der Waals surface area contributed by atoms with Crippen LogP contribution >= 0.6 is 38.9 Å². The summed E-state index contributed by atoms with van der Waals surface area (Å²) >= 11 is 10.9. The van der Waals surface area contributed by atoms with E-state index in [1.807, 2.05) is 12.1 Å². The molecule has 0 amide bonds. The quantitative estimate of drug-likeness (QED) is 0.739. The van der Waals surface area contributed by atoms with Crippen molar-refractivity contribution in [1.29, 1.82) is 0 Å². The fourth-order valence-electron chi connectivity index (χ4n) is 1.21. The third-order valence-electron chi connectivity index (χ3n) is 2.06. The summed E-state index contributed by atoms with van der Waals surface area (Å²) in [6, 6.07) is 7.29. The molecule has 0 bridgehead atoms. The Kier molecular flexibility index (Phi) is 3.00. The summed E-state index contributed by atoms with van der Waals surface area (Å²) in [5, 5.41) is 0.446. The largest absolute Gasteiger partial charge is 0.302 e. The Morgan fingerprint density at radius 1 is 1.40 bits per heavy atom. The second-order valence-corrected chi connectivity index (χ2v) is 5.92. The van der Waals surface area contributed by atoms with Gasteiger partial charge in [0.2, 0.25) is 0 Å². The van der Waals surface area contributed by atoms with E-state index in [-0.39, 0.29) is 5.56 Å². The maximum atomic E-state index is 11.5. The predicted octanol–water partition coefficient (Wildman–Crippen LogP) is 3.53. The van der Waals surface area contributed by atoms with Gasteiger partial charge >= 0.3 is 0 Å². The molecule has 0 atom stereocenters. The van der Waals surface area contributed by atoms with Gasteiger partial charge in [-0.05, 0) is 34.1 Å². The number of aromatic nitrogens is 1. The Bertz CT molecular complexity index is 561. The van der Waals surface area contributed by atoms with Crippen LogP contribution in [0.3, 0.4) is 0 Å². The highest BCUT2D eigenvalue weighted by atomic mass is 79.9. The van der Waals surface area contributed by atoms with Gasteiger partial charge in [0, 0.05) is 23.6 Å². The highest BCUT2D eigenvalue weighted by molar-refractivity contribution is 9.11. The molecule has 2 aromatic rings. The molecule has 0 unspecified atom stereocenters. The zero-order valence-corrected chi connectivity index (χ0v) is 11.0. The molecule has 5 heteroatoms. The van der Waals surface area contributed by atoms with Crippen molar-refractivity contribution in [2.45, 2.75) is 0 Å². The molecule has 2 heterocycles. The molecule has 2 aromatic heterocycles. The summed E-state index contributed by atoms with van der Waals surface area (Å²) in [6.07, 6.45) is 0. The monoisotopic (exact) mass is 303 g/mol. The predicted molar refractivity (Wildman–Crippen MR) is 67.7 cm³/mol. The average Bonchev–Trinajstić information content (AvgIpc) is 2.60.